The van der Waals surface area contributed by atoms with Gasteiger partial charge in [-0.25, -0.2) is 5.26 Å². The molecule has 0 atom stereocenters. The van der Waals surface area contributed by atoms with Crippen molar-refractivity contribution in [3.63, 3.8) is 0 Å². The molecule has 0 unspecified atom stereocenters. The van der Waals surface area contributed by atoms with Gasteiger partial charge in [-0.3, -0.25) is 15.1 Å². The number of hydrogen-bond donors (Lipinski definition) is 4. The van der Waals surface area contributed by atoms with Crippen molar-refractivity contribution in [2.75, 3.05) is 0 Å². The van der Waals surface area contributed by atoms with Gasteiger partial charge in [-0.2, -0.15) is 8.42 Å². The molecular weight excluding hydrogens is 176 g/mol. The van der Waals surface area contributed by atoms with E-state index >= 15 is 0 Å². The van der Waals surface area contributed by atoms with E-state index < -0.39 is 10.4 Å². The number of rotatable bonds is 3. The number of hydrogen-bond acceptors (Lipinski definition) is 8. The lowest BCUT2D eigenvalue weighted by molar-refractivity contribution is -0.594. The standard InChI is InChI=1S/H2O7S.H2O2/c1-5-6-7-8(2,3)4;1-2/h1H,(H,2,3,4);1-2H. The summed E-state index contributed by atoms with van der Waals surface area (Å²) in [5, 5.41) is 24.8. The highest BCUT2D eigenvalue weighted by atomic mass is 32.3. The SMILES string of the molecule is O=S(=O)(O)OOOO.OO. The highest BCUT2D eigenvalue weighted by Gasteiger charge is 2.04. The highest BCUT2D eigenvalue weighted by Crippen LogP contribution is 1.85. The molecule has 0 aliphatic rings. The van der Waals surface area contributed by atoms with Crippen molar-refractivity contribution < 1.29 is 43.2 Å². The maximum absolute atomic E-state index is 9.41. The second-order valence-electron chi connectivity index (χ2n) is 0.638. The first-order chi connectivity index (χ1) is 4.56. The van der Waals surface area contributed by atoms with Crippen molar-refractivity contribution in [2.24, 2.45) is 0 Å². The van der Waals surface area contributed by atoms with Crippen LogP contribution >= 0.6 is 0 Å². The summed E-state index contributed by atoms with van der Waals surface area (Å²) in [6.07, 6.45) is 0. The van der Waals surface area contributed by atoms with Gasteiger partial charge in [0.2, 0.25) is 0 Å². The fraction of sp³-hybridized carbons (Fsp3) is 0. The molecule has 0 aromatic carbocycles. The van der Waals surface area contributed by atoms with Crippen LogP contribution in [0.5, 0.6) is 0 Å². The summed E-state index contributed by atoms with van der Waals surface area (Å²) in [5.74, 6) is 0. The molecule has 0 aliphatic heterocycles. The normalized spacial score (nSPS) is 10.0. The Morgan fingerprint density at radius 3 is 1.70 bits per heavy atom. The summed E-state index contributed by atoms with van der Waals surface area (Å²) >= 11 is 0. The molecule has 0 aromatic rings. The van der Waals surface area contributed by atoms with Crippen molar-refractivity contribution in [3.8, 4) is 0 Å². The van der Waals surface area contributed by atoms with Crippen molar-refractivity contribution in [1.29, 1.82) is 0 Å². The van der Waals surface area contributed by atoms with Crippen LogP contribution in [0.15, 0.2) is 0 Å². The maximum atomic E-state index is 9.41. The zero-order chi connectivity index (χ0) is 8.62. The van der Waals surface area contributed by atoms with Crippen LogP contribution in [0.4, 0.5) is 0 Å². The van der Waals surface area contributed by atoms with Crippen LogP contribution in [0.25, 0.3) is 0 Å². The largest absolute Gasteiger partial charge is 0.426 e. The molecule has 0 fully saturated rings. The summed E-state index contributed by atoms with van der Waals surface area (Å²) in [6, 6.07) is 0. The quantitative estimate of drug-likeness (QED) is 0.248. The average molecular weight is 180 g/mol. The van der Waals surface area contributed by atoms with Crippen LogP contribution in [0.3, 0.4) is 0 Å². The molecule has 64 valence electrons. The summed E-state index contributed by atoms with van der Waals surface area (Å²) in [5.41, 5.74) is 0. The Morgan fingerprint density at radius 2 is 1.60 bits per heavy atom. The van der Waals surface area contributed by atoms with Gasteiger partial charge in [-0.15, -0.1) is 0 Å². The molecule has 0 aromatic heterocycles. The third kappa shape index (κ3) is 15.6. The van der Waals surface area contributed by atoms with E-state index in [-0.39, 0.29) is 0 Å². The van der Waals surface area contributed by atoms with Crippen LogP contribution < -0.4 is 0 Å². The smallest absolute Gasteiger partial charge is 0.262 e. The van der Waals surface area contributed by atoms with E-state index in [1.807, 2.05) is 0 Å². The van der Waals surface area contributed by atoms with Crippen LogP contribution in [-0.4, -0.2) is 28.7 Å². The molecule has 0 amide bonds. The molecule has 0 radical (unpaired) electrons. The second kappa shape index (κ2) is 6.79. The van der Waals surface area contributed by atoms with Crippen LogP contribution in [0.1, 0.15) is 0 Å². The van der Waals surface area contributed by atoms with Crippen LogP contribution in [0, 0.1) is 0 Å². The zero-order valence-corrected chi connectivity index (χ0v) is 5.05. The Bertz CT molecular complexity index is 129. The first kappa shape index (κ1) is 12.4. The van der Waals surface area contributed by atoms with E-state index in [0.717, 1.165) is 0 Å². The van der Waals surface area contributed by atoms with E-state index in [1.54, 1.807) is 0 Å². The molecule has 0 bridgehead atoms. The van der Waals surface area contributed by atoms with Gasteiger partial charge < -0.3 is 0 Å². The molecule has 10 heteroatoms. The van der Waals surface area contributed by atoms with Gasteiger partial charge in [0, 0.05) is 0 Å². The van der Waals surface area contributed by atoms with Crippen molar-refractivity contribution in [3.05, 3.63) is 0 Å². The second-order valence-corrected chi connectivity index (χ2v) is 1.63. The fourth-order valence-corrected chi connectivity index (χ4v) is 0.143. The van der Waals surface area contributed by atoms with Gasteiger partial charge >= 0.3 is 10.4 Å². The van der Waals surface area contributed by atoms with Gasteiger partial charge in [0.15, 0.2) is 0 Å². The molecular formula is H4O9S. The Kier molecular flexibility index (Phi) is 8.38. The van der Waals surface area contributed by atoms with E-state index in [2.05, 4.69) is 14.4 Å². The van der Waals surface area contributed by atoms with Gasteiger partial charge in [-0.05, 0) is 10.1 Å². The first-order valence-electron chi connectivity index (χ1n) is 1.40. The minimum atomic E-state index is -4.69. The fourth-order valence-electron chi connectivity index (χ4n) is 0.0475. The summed E-state index contributed by atoms with van der Waals surface area (Å²) in [6.45, 7) is 0. The predicted molar refractivity (Wildman–Crippen MR) is 22.7 cm³/mol. The van der Waals surface area contributed by atoms with Gasteiger partial charge in [0.05, 0.1) is 0 Å². The van der Waals surface area contributed by atoms with E-state index in [1.165, 1.54) is 0 Å². The lowest BCUT2D eigenvalue weighted by Gasteiger charge is -1.88. The van der Waals surface area contributed by atoms with Gasteiger partial charge in [-0.1, -0.05) is 4.33 Å². The van der Waals surface area contributed by atoms with Crippen LogP contribution in [-0.2, 0) is 24.8 Å². The van der Waals surface area contributed by atoms with Crippen molar-refractivity contribution in [1.82, 2.24) is 0 Å². The molecule has 0 saturated carbocycles. The maximum Gasteiger partial charge on any atom is 0.426 e. The van der Waals surface area contributed by atoms with E-state index in [4.69, 9.17) is 20.3 Å². The summed E-state index contributed by atoms with van der Waals surface area (Å²) in [4.78, 5) is 0. The Hall–Kier alpha value is -0.330. The molecule has 4 N–H and O–H groups in total. The minimum Gasteiger partial charge on any atom is -0.262 e. The molecule has 9 nitrogen and oxygen atoms in total. The van der Waals surface area contributed by atoms with E-state index in [9.17, 15) is 8.42 Å². The topological polar surface area (TPSA) is 143 Å². The third-order valence-electron chi connectivity index (χ3n) is 0.144. The molecule has 0 rings (SSSR count). The van der Waals surface area contributed by atoms with Crippen molar-refractivity contribution >= 4 is 10.4 Å². The van der Waals surface area contributed by atoms with Gasteiger partial charge in [0.1, 0.15) is 0 Å². The molecule has 10 heavy (non-hydrogen) atoms. The molecule has 0 spiro atoms. The minimum absolute atomic E-state index is 2.66. The van der Waals surface area contributed by atoms with Crippen LogP contribution in [0.2, 0.25) is 0 Å². The molecule has 0 aliphatic carbocycles. The Morgan fingerprint density at radius 1 is 1.20 bits per heavy atom. The highest BCUT2D eigenvalue weighted by molar-refractivity contribution is 7.80. The lowest BCUT2D eigenvalue weighted by atomic mass is 14.4. The lowest BCUT2D eigenvalue weighted by Crippen LogP contribution is -2.03. The summed E-state index contributed by atoms with van der Waals surface area (Å²) in [7, 11) is -4.69. The molecule has 0 heterocycles. The molecule has 0 saturated heterocycles. The zero-order valence-electron chi connectivity index (χ0n) is 4.24. The van der Waals surface area contributed by atoms with Crippen molar-refractivity contribution in [2.45, 2.75) is 0 Å². The summed E-state index contributed by atoms with van der Waals surface area (Å²) < 4.78 is 29.3. The van der Waals surface area contributed by atoms with E-state index in [0.29, 0.717) is 0 Å². The Balaban J connectivity index is 0. The third-order valence-corrected chi connectivity index (χ3v) is 0.372. The predicted octanol–water partition coefficient (Wildman–Crippen LogP) is -0.841. The monoisotopic (exact) mass is 180 g/mol. The van der Waals surface area contributed by atoms with Gasteiger partial charge in [0.25, 0.3) is 0 Å². The average Bonchev–Trinajstić information content (AvgIpc) is 1.87. The first-order valence-corrected chi connectivity index (χ1v) is 2.76. The Labute approximate surface area is 54.7 Å².